The highest BCUT2D eigenvalue weighted by Gasteiger charge is 2.06. The van der Waals surface area contributed by atoms with E-state index in [1.807, 2.05) is 0 Å². The molecule has 1 nitrogen and oxygen atoms in total. The molecule has 0 atom stereocenters. The van der Waals surface area contributed by atoms with Crippen molar-refractivity contribution in [2.24, 2.45) is 0 Å². The summed E-state index contributed by atoms with van der Waals surface area (Å²) in [6.45, 7) is 3.29. The number of unbranched alkanes of at least 4 members (excludes halogenated alkanes) is 1. The predicted octanol–water partition coefficient (Wildman–Crippen LogP) is 4.42. The molecule has 0 unspecified atom stereocenters. The number of nitrogens with zero attached hydrogens (tertiary/aromatic N) is 1. The van der Waals surface area contributed by atoms with Gasteiger partial charge in [-0.05, 0) is 30.2 Å². The van der Waals surface area contributed by atoms with Gasteiger partial charge in [0.25, 0.3) is 0 Å². The van der Waals surface area contributed by atoms with Crippen molar-refractivity contribution in [3.05, 3.63) is 28.2 Å². The first kappa shape index (κ1) is 12.9. The first-order valence-corrected chi connectivity index (χ1v) is 6.57. The number of rotatable bonds is 5. The highest BCUT2D eigenvalue weighted by molar-refractivity contribution is 9.10. The molecule has 3 heteroatoms. The second-order valence-corrected chi connectivity index (χ2v) is 4.86. The summed E-state index contributed by atoms with van der Waals surface area (Å²) in [7, 11) is 2.12. The molecule has 1 rings (SSSR count). The topological polar surface area (TPSA) is 3.24 Å². The fourth-order valence-corrected chi connectivity index (χ4v) is 2.17. The van der Waals surface area contributed by atoms with Gasteiger partial charge in [0.05, 0.1) is 0 Å². The van der Waals surface area contributed by atoms with Crippen molar-refractivity contribution in [1.29, 1.82) is 0 Å². The maximum absolute atomic E-state index is 5.93. The molecule has 0 N–H and O–H groups in total. The largest absolute Gasteiger partial charge is 0.374 e. The minimum atomic E-state index is 0.561. The predicted molar refractivity (Wildman–Crippen MR) is 71.9 cm³/mol. The van der Waals surface area contributed by atoms with Gasteiger partial charge in [0.1, 0.15) is 0 Å². The monoisotopic (exact) mass is 289 g/mol. The molecule has 0 saturated carbocycles. The fraction of sp³-hybridized carbons (Fsp3) is 0.500. The van der Waals surface area contributed by atoms with Crippen LogP contribution in [0.4, 0.5) is 5.69 Å². The van der Waals surface area contributed by atoms with Crippen molar-refractivity contribution in [1.82, 2.24) is 0 Å². The summed E-state index contributed by atoms with van der Waals surface area (Å²) in [6, 6.07) is 6.27. The van der Waals surface area contributed by atoms with Crippen LogP contribution in [0.2, 0.25) is 0 Å². The Hall–Kier alpha value is -0.210. The normalized spacial score (nSPS) is 10.4. The highest BCUT2D eigenvalue weighted by Crippen LogP contribution is 2.25. The lowest BCUT2D eigenvalue weighted by Gasteiger charge is -2.21. The first-order chi connectivity index (χ1) is 7.19. The van der Waals surface area contributed by atoms with Crippen molar-refractivity contribution < 1.29 is 0 Å². The van der Waals surface area contributed by atoms with Crippen molar-refractivity contribution in [2.75, 3.05) is 18.5 Å². The smallest absolute Gasteiger partial charge is 0.0494 e. The van der Waals surface area contributed by atoms with Crippen LogP contribution in [0, 0.1) is 0 Å². The Labute approximate surface area is 106 Å². The molecule has 0 heterocycles. The molecule has 84 valence electrons. The van der Waals surface area contributed by atoms with Crippen LogP contribution in [0.3, 0.4) is 0 Å². The van der Waals surface area contributed by atoms with E-state index in [1.165, 1.54) is 24.1 Å². The first-order valence-electron chi connectivity index (χ1n) is 5.24. The van der Waals surface area contributed by atoms with Crippen molar-refractivity contribution >= 4 is 33.2 Å². The molecule has 0 radical (unpaired) electrons. The molecule has 0 bridgehead atoms. The molecule has 1 aromatic carbocycles. The Morgan fingerprint density at radius 3 is 2.73 bits per heavy atom. The Bertz CT molecular complexity index is 314. The summed E-state index contributed by atoms with van der Waals surface area (Å²) in [6.07, 6.45) is 2.44. The van der Waals surface area contributed by atoms with E-state index in [0.717, 1.165) is 11.0 Å². The Morgan fingerprint density at radius 2 is 2.13 bits per heavy atom. The van der Waals surface area contributed by atoms with Crippen molar-refractivity contribution in [3.63, 3.8) is 0 Å². The van der Waals surface area contributed by atoms with Gasteiger partial charge >= 0.3 is 0 Å². The Morgan fingerprint density at radius 1 is 1.40 bits per heavy atom. The molecule has 15 heavy (non-hydrogen) atoms. The number of halogens is 2. The van der Waals surface area contributed by atoms with E-state index >= 15 is 0 Å². The molecular formula is C12H17BrClN. The van der Waals surface area contributed by atoms with Gasteiger partial charge in [0.15, 0.2) is 0 Å². The fourth-order valence-electron chi connectivity index (χ4n) is 1.55. The van der Waals surface area contributed by atoms with Gasteiger partial charge in [0.2, 0.25) is 0 Å². The minimum absolute atomic E-state index is 0.561. The SMILES string of the molecule is CCCCN(C)c1ccc(Br)cc1CCl. The summed E-state index contributed by atoms with van der Waals surface area (Å²) in [5, 5.41) is 0. The van der Waals surface area contributed by atoms with Crippen LogP contribution >= 0.6 is 27.5 Å². The third-order valence-electron chi connectivity index (χ3n) is 2.44. The van der Waals surface area contributed by atoms with Gasteiger partial charge in [0, 0.05) is 29.6 Å². The zero-order valence-corrected chi connectivity index (χ0v) is 11.6. The lowest BCUT2D eigenvalue weighted by Crippen LogP contribution is -2.19. The lowest BCUT2D eigenvalue weighted by molar-refractivity contribution is 0.765. The van der Waals surface area contributed by atoms with Crippen LogP contribution in [-0.4, -0.2) is 13.6 Å². The standard InChI is InChI=1S/C12H17BrClN/c1-3-4-7-15(2)12-6-5-11(13)8-10(12)9-14/h5-6,8H,3-4,7,9H2,1-2H3. The molecule has 0 aliphatic rings. The molecule has 0 amide bonds. The average Bonchev–Trinajstić information content (AvgIpc) is 2.25. The Kier molecular flexibility index (Phi) is 5.48. The van der Waals surface area contributed by atoms with Gasteiger partial charge in [-0.2, -0.15) is 0 Å². The number of anilines is 1. The van der Waals surface area contributed by atoms with Crippen LogP contribution < -0.4 is 4.90 Å². The summed E-state index contributed by atoms with van der Waals surface area (Å²) in [5.74, 6) is 0.561. The molecule has 0 aliphatic carbocycles. The quantitative estimate of drug-likeness (QED) is 0.725. The maximum Gasteiger partial charge on any atom is 0.0494 e. The summed E-state index contributed by atoms with van der Waals surface area (Å²) in [5.41, 5.74) is 2.42. The molecule has 0 aromatic heterocycles. The van der Waals surface area contributed by atoms with Gasteiger partial charge in [-0.25, -0.2) is 0 Å². The van der Waals surface area contributed by atoms with Crippen LogP contribution in [0.1, 0.15) is 25.3 Å². The number of hydrogen-bond acceptors (Lipinski definition) is 1. The van der Waals surface area contributed by atoms with E-state index < -0.39 is 0 Å². The third-order valence-corrected chi connectivity index (χ3v) is 3.23. The van der Waals surface area contributed by atoms with E-state index in [2.05, 4.69) is 53.0 Å². The molecule has 0 spiro atoms. The molecule has 1 aromatic rings. The van der Waals surface area contributed by atoms with Gasteiger partial charge in [-0.15, -0.1) is 11.6 Å². The van der Waals surface area contributed by atoms with Crippen molar-refractivity contribution in [2.45, 2.75) is 25.6 Å². The number of hydrogen-bond donors (Lipinski definition) is 0. The van der Waals surface area contributed by atoms with Gasteiger partial charge < -0.3 is 4.90 Å². The lowest BCUT2D eigenvalue weighted by atomic mass is 10.2. The zero-order valence-electron chi connectivity index (χ0n) is 9.26. The second-order valence-electron chi connectivity index (χ2n) is 3.68. The third kappa shape index (κ3) is 3.69. The van der Waals surface area contributed by atoms with E-state index in [-0.39, 0.29) is 0 Å². The Balaban J connectivity index is 2.82. The number of alkyl halides is 1. The average molecular weight is 291 g/mol. The zero-order chi connectivity index (χ0) is 11.3. The summed E-state index contributed by atoms with van der Waals surface area (Å²) >= 11 is 9.40. The maximum atomic E-state index is 5.93. The molecular weight excluding hydrogens is 273 g/mol. The van der Waals surface area contributed by atoms with Gasteiger partial charge in [-0.3, -0.25) is 0 Å². The van der Waals surface area contributed by atoms with E-state index in [1.54, 1.807) is 0 Å². The highest BCUT2D eigenvalue weighted by atomic mass is 79.9. The molecule has 0 saturated heterocycles. The van der Waals surface area contributed by atoms with E-state index in [4.69, 9.17) is 11.6 Å². The summed E-state index contributed by atoms with van der Waals surface area (Å²) < 4.78 is 1.09. The molecule has 0 aliphatic heterocycles. The second kappa shape index (κ2) is 6.39. The van der Waals surface area contributed by atoms with Crippen LogP contribution in [-0.2, 0) is 5.88 Å². The van der Waals surface area contributed by atoms with E-state index in [0.29, 0.717) is 5.88 Å². The number of benzene rings is 1. The van der Waals surface area contributed by atoms with Crippen LogP contribution in [0.15, 0.2) is 22.7 Å². The van der Waals surface area contributed by atoms with E-state index in [9.17, 15) is 0 Å². The van der Waals surface area contributed by atoms with Crippen molar-refractivity contribution in [3.8, 4) is 0 Å². The molecule has 0 fully saturated rings. The van der Waals surface area contributed by atoms with Gasteiger partial charge in [-0.1, -0.05) is 29.3 Å². The van der Waals surface area contributed by atoms with Crippen LogP contribution in [0.25, 0.3) is 0 Å². The van der Waals surface area contributed by atoms with Crippen LogP contribution in [0.5, 0.6) is 0 Å². The minimum Gasteiger partial charge on any atom is -0.374 e. The summed E-state index contributed by atoms with van der Waals surface area (Å²) in [4.78, 5) is 2.27.